The van der Waals surface area contributed by atoms with Crippen LogP contribution in [0.25, 0.3) is 55.0 Å². The maximum Gasteiger partial charge on any atom is 0.256 e. The van der Waals surface area contributed by atoms with Crippen molar-refractivity contribution in [1.29, 1.82) is 0 Å². The molecule has 0 saturated carbocycles. The highest BCUT2D eigenvalue weighted by atomic mass is 16.5. The van der Waals surface area contributed by atoms with Crippen LogP contribution in [0, 0.1) is 0 Å². The topological polar surface area (TPSA) is 19.1 Å². The molecule has 6 aromatic carbocycles. The van der Waals surface area contributed by atoms with Crippen molar-refractivity contribution in [2.45, 2.75) is 26.2 Å². The number of fused-ring (bicyclic) bond motifs is 10. The van der Waals surface area contributed by atoms with Crippen molar-refractivity contribution in [3.8, 4) is 22.9 Å². The van der Waals surface area contributed by atoms with E-state index in [9.17, 15) is 0 Å². The summed E-state index contributed by atoms with van der Waals surface area (Å²) in [5, 5.41) is 5.14. The predicted molar refractivity (Wildman–Crippen MR) is 185 cm³/mol. The lowest BCUT2D eigenvalue weighted by molar-refractivity contribution is 0.483. The molecule has 4 heteroatoms. The molecule has 0 bridgehead atoms. The molecule has 3 nitrogen and oxygen atoms in total. The van der Waals surface area contributed by atoms with Crippen molar-refractivity contribution in [2.24, 2.45) is 0 Å². The van der Waals surface area contributed by atoms with Crippen molar-refractivity contribution < 1.29 is 4.74 Å². The first-order chi connectivity index (χ1) is 21.5. The summed E-state index contributed by atoms with van der Waals surface area (Å²) in [5.41, 5.74) is 12.5. The summed E-state index contributed by atoms with van der Waals surface area (Å²) in [4.78, 5) is 0. The maximum absolute atomic E-state index is 6.73. The molecule has 0 spiro atoms. The third-order valence-corrected chi connectivity index (χ3v) is 9.90. The van der Waals surface area contributed by atoms with Crippen LogP contribution in [-0.2, 0) is 5.41 Å². The molecule has 0 fully saturated rings. The Bertz CT molecular complexity index is 2510. The van der Waals surface area contributed by atoms with Gasteiger partial charge in [0.1, 0.15) is 11.5 Å². The summed E-state index contributed by atoms with van der Waals surface area (Å²) in [6, 6.07) is 44.6. The molecule has 8 aromatic rings. The summed E-state index contributed by atoms with van der Waals surface area (Å²) in [7, 11) is 0. The molecular weight excluding hydrogens is 535 g/mol. The van der Waals surface area contributed by atoms with Crippen LogP contribution in [-0.4, -0.2) is 15.8 Å². The fraction of sp³-hybridized carbons (Fsp3) is 0.100. The number of aromatic nitrogens is 2. The van der Waals surface area contributed by atoms with Gasteiger partial charge in [-0.05, 0) is 75.9 Å². The van der Waals surface area contributed by atoms with E-state index >= 15 is 0 Å². The van der Waals surface area contributed by atoms with Crippen molar-refractivity contribution in [1.82, 2.24) is 9.13 Å². The largest absolute Gasteiger partial charge is 0.458 e. The van der Waals surface area contributed by atoms with Gasteiger partial charge < -0.3 is 13.9 Å². The van der Waals surface area contributed by atoms with E-state index in [0.717, 1.165) is 11.5 Å². The quantitative estimate of drug-likeness (QED) is 0.184. The van der Waals surface area contributed by atoms with Gasteiger partial charge in [0.25, 0.3) is 6.71 Å². The zero-order chi connectivity index (χ0) is 29.3. The Kier molecular flexibility index (Phi) is 4.54. The number of para-hydroxylation sites is 4. The molecule has 2 aliphatic heterocycles. The molecule has 10 rings (SSSR count). The molecule has 4 heterocycles. The Hall–Kier alpha value is -5.22. The fourth-order valence-electron chi connectivity index (χ4n) is 7.91. The maximum atomic E-state index is 6.73. The summed E-state index contributed by atoms with van der Waals surface area (Å²) in [6.45, 7) is 6.99. The van der Waals surface area contributed by atoms with Crippen LogP contribution in [0.1, 0.15) is 26.3 Å². The number of benzene rings is 6. The number of rotatable bonds is 1. The standard InChI is InChI=1S/C40H29BN2O/c1-40(2,3)24-20-35-38-37(21-24)44-36-19-10-8-16-30(36)41(38)31-17-11-15-27-29-22-28-26-14-7-9-18-32(26)42(25-12-5-4-6-13-25)33(28)23-34(29)43(35)39(27)31/h4-23H,1-3H3. The van der Waals surface area contributed by atoms with Crippen LogP contribution in [0.2, 0.25) is 0 Å². The Morgan fingerprint density at radius 1 is 0.545 bits per heavy atom. The molecule has 2 aliphatic rings. The van der Waals surface area contributed by atoms with Crippen molar-refractivity contribution in [3.05, 3.63) is 127 Å². The van der Waals surface area contributed by atoms with Crippen LogP contribution < -0.4 is 21.1 Å². The second-order valence-corrected chi connectivity index (χ2v) is 13.4. The van der Waals surface area contributed by atoms with Gasteiger partial charge in [-0.3, -0.25) is 0 Å². The van der Waals surface area contributed by atoms with E-state index in [4.69, 9.17) is 4.74 Å². The zero-order valence-electron chi connectivity index (χ0n) is 24.9. The lowest BCUT2D eigenvalue weighted by Gasteiger charge is -2.35. The Labute approximate surface area is 256 Å². The van der Waals surface area contributed by atoms with Crippen LogP contribution in [0.15, 0.2) is 121 Å². The predicted octanol–water partition coefficient (Wildman–Crippen LogP) is 8.11. The van der Waals surface area contributed by atoms with Crippen LogP contribution in [0.3, 0.4) is 0 Å². The van der Waals surface area contributed by atoms with E-state index in [1.165, 1.54) is 76.9 Å². The van der Waals surface area contributed by atoms with Gasteiger partial charge in [-0.1, -0.05) is 93.6 Å². The average molecular weight is 564 g/mol. The van der Waals surface area contributed by atoms with E-state index in [1.807, 2.05) is 0 Å². The van der Waals surface area contributed by atoms with Crippen LogP contribution in [0.5, 0.6) is 11.5 Å². The van der Waals surface area contributed by atoms with E-state index in [-0.39, 0.29) is 12.1 Å². The lowest BCUT2D eigenvalue weighted by Crippen LogP contribution is -2.58. The van der Waals surface area contributed by atoms with E-state index in [2.05, 4.69) is 151 Å². The number of hydrogen-bond donors (Lipinski definition) is 0. The van der Waals surface area contributed by atoms with Gasteiger partial charge in [-0.15, -0.1) is 0 Å². The minimum atomic E-state index is -0.0343. The summed E-state index contributed by atoms with van der Waals surface area (Å²) < 4.78 is 11.7. The van der Waals surface area contributed by atoms with E-state index in [1.54, 1.807) is 0 Å². The van der Waals surface area contributed by atoms with Gasteiger partial charge in [0.05, 0.1) is 16.6 Å². The second kappa shape index (κ2) is 8.24. The summed E-state index contributed by atoms with van der Waals surface area (Å²) >= 11 is 0. The summed E-state index contributed by atoms with van der Waals surface area (Å²) in [5.74, 6) is 1.93. The highest BCUT2D eigenvalue weighted by Crippen LogP contribution is 2.42. The molecular formula is C40H29BN2O. The van der Waals surface area contributed by atoms with Crippen LogP contribution >= 0.6 is 0 Å². The van der Waals surface area contributed by atoms with Gasteiger partial charge in [-0.25, -0.2) is 0 Å². The molecule has 0 unspecified atom stereocenters. The van der Waals surface area contributed by atoms with Crippen molar-refractivity contribution in [2.75, 3.05) is 0 Å². The number of ether oxygens (including phenoxy) is 1. The molecule has 0 N–H and O–H groups in total. The Morgan fingerprint density at radius 3 is 2.11 bits per heavy atom. The van der Waals surface area contributed by atoms with Gasteiger partial charge in [0.2, 0.25) is 0 Å². The normalized spacial score (nSPS) is 13.5. The highest BCUT2D eigenvalue weighted by Gasteiger charge is 2.41. The minimum absolute atomic E-state index is 0.0343. The molecule has 0 amide bonds. The average Bonchev–Trinajstić information content (AvgIpc) is 3.54. The SMILES string of the molecule is CC(C)(C)c1cc2c3c(c1)-n1c4cc5c(cc4c4cccc(c41)B3c1ccccc1O2)c1ccccc1n5-c1ccccc1. The van der Waals surface area contributed by atoms with Gasteiger partial charge >= 0.3 is 0 Å². The fourth-order valence-corrected chi connectivity index (χ4v) is 7.91. The molecule has 0 aliphatic carbocycles. The zero-order valence-corrected chi connectivity index (χ0v) is 24.9. The number of nitrogens with zero attached hydrogens (tertiary/aromatic N) is 2. The molecule has 2 aromatic heterocycles. The third kappa shape index (κ3) is 3.03. The minimum Gasteiger partial charge on any atom is -0.458 e. The van der Waals surface area contributed by atoms with Gasteiger partial charge in [0.15, 0.2) is 0 Å². The first kappa shape index (κ1) is 24.3. The van der Waals surface area contributed by atoms with Crippen molar-refractivity contribution in [3.63, 3.8) is 0 Å². The smallest absolute Gasteiger partial charge is 0.256 e. The first-order valence-electron chi connectivity index (χ1n) is 15.5. The molecule has 44 heavy (non-hydrogen) atoms. The van der Waals surface area contributed by atoms with Crippen LogP contribution in [0.4, 0.5) is 0 Å². The monoisotopic (exact) mass is 564 g/mol. The van der Waals surface area contributed by atoms with E-state index < -0.39 is 0 Å². The Balaban J connectivity index is 1.41. The third-order valence-electron chi connectivity index (χ3n) is 9.90. The van der Waals surface area contributed by atoms with Gasteiger partial charge in [-0.2, -0.15) is 0 Å². The van der Waals surface area contributed by atoms with Crippen molar-refractivity contribution >= 4 is 66.7 Å². The molecule has 0 radical (unpaired) electrons. The lowest BCUT2D eigenvalue weighted by atomic mass is 9.34. The Morgan fingerprint density at radius 2 is 1.25 bits per heavy atom. The summed E-state index contributed by atoms with van der Waals surface area (Å²) in [6.07, 6.45) is 0. The second-order valence-electron chi connectivity index (χ2n) is 13.4. The van der Waals surface area contributed by atoms with E-state index in [0.29, 0.717) is 0 Å². The highest BCUT2D eigenvalue weighted by molar-refractivity contribution is 6.99. The van der Waals surface area contributed by atoms with Gasteiger partial charge in [0, 0.05) is 38.4 Å². The molecule has 0 saturated heterocycles. The molecule has 208 valence electrons. The molecule has 0 atom stereocenters. The number of hydrogen-bond acceptors (Lipinski definition) is 1. The first-order valence-corrected chi connectivity index (χ1v) is 15.5.